The van der Waals surface area contributed by atoms with Gasteiger partial charge < -0.3 is 9.47 Å². The van der Waals surface area contributed by atoms with Crippen LogP contribution in [0.25, 0.3) is 0 Å². The highest BCUT2D eigenvalue weighted by Gasteiger charge is 2.29. The van der Waals surface area contributed by atoms with E-state index in [1.54, 1.807) is 7.05 Å². The van der Waals surface area contributed by atoms with Gasteiger partial charge in [-0.1, -0.05) is 11.8 Å². The minimum absolute atomic E-state index is 0.0157. The molecular weight excluding hydrogens is 379 g/mol. The first-order valence-corrected chi connectivity index (χ1v) is 9.52. The van der Waals surface area contributed by atoms with Crippen molar-refractivity contribution in [3.05, 3.63) is 35.2 Å². The summed E-state index contributed by atoms with van der Waals surface area (Å²) in [5.41, 5.74) is 2.60. The zero-order chi connectivity index (χ0) is 20.2. The fraction of sp³-hybridized carbons (Fsp3) is 0.529. The summed E-state index contributed by atoms with van der Waals surface area (Å²) in [5, 5.41) is 0.689. The van der Waals surface area contributed by atoms with E-state index in [1.165, 1.54) is 29.1 Å². The molecule has 2 aromatic rings. The molecule has 0 spiro atoms. The number of alkyl halides is 3. The molecule has 10 heteroatoms. The lowest BCUT2D eigenvalue weighted by atomic mass is 10.1. The molecule has 0 aromatic carbocycles. The van der Waals surface area contributed by atoms with Crippen molar-refractivity contribution in [2.45, 2.75) is 51.1 Å². The number of aromatic nitrogens is 4. The maximum atomic E-state index is 12.6. The zero-order valence-corrected chi connectivity index (χ0v) is 16.5. The molecule has 0 saturated heterocycles. The summed E-state index contributed by atoms with van der Waals surface area (Å²) >= 11 is 1.46. The van der Waals surface area contributed by atoms with E-state index < -0.39 is 12.7 Å². The van der Waals surface area contributed by atoms with Crippen molar-refractivity contribution in [1.29, 1.82) is 0 Å². The maximum absolute atomic E-state index is 12.6. The predicted molar refractivity (Wildman–Crippen MR) is 96.4 cm³/mol. The van der Waals surface area contributed by atoms with E-state index in [4.69, 9.17) is 0 Å². The van der Waals surface area contributed by atoms with E-state index >= 15 is 0 Å². The average Bonchev–Trinajstić information content (AvgIpc) is 2.98. The van der Waals surface area contributed by atoms with Crippen LogP contribution in [0.15, 0.2) is 17.6 Å². The molecule has 0 bridgehead atoms. The minimum atomic E-state index is -4.34. The van der Waals surface area contributed by atoms with Gasteiger partial charge in [-0.25, -0.2) is 15.0 Å². The first kappa shape index (κ1) is 21.2. The number of amides is 1. The molecule has 6 nitrogen and oxygen atoms in total. The second-order valence-corrected chi connectivity index (χ2v) is 6.97. The molecule has 0 aliphatic rings. The Kier molecular flexibility index (Phi) is 6.85. The highest BCUT2D eigenvalue weighted by Crippen LogP contribution is 2.20. The van der Waals surface area contributed by atoms with Crippen molar-refractivity contribution in [1.82, 2.24) is 24.4 Å². The lowest BCUT2D eigenvalue weighted by Crippen LogP contribution is -2.29. The summed E-state index contributed by atoms with van der Waals surface area (Å²) < 4.78 is 38.8. The number of carbonyl (C=O) groups is 1. The van der Waals surface area contributed by atoms with Crippen molar-refractivity contribution in [3.8, 4) is 0 Å². The lowest BCUT2D eigenvalue weighted by Gasteiger charge is -2.19. The summed E-state index contributed by atoms with van der Waals surface area (Å²) in [7, 11) is 1.56. The van der Waals surface area contributed by atoms with Crippen LogP contribution in [0.4, 0.5) is 13.2 Å². The number of hydrogen-bond acceptors (Lipinski definition) is 5. The van der Waals surface area contributed by atoms with Crippen molar-refractivity contribution in [2.75, 3.05) is 13.3 Å². The fourth-order valence-corrected chi connectivity index (χ4v) is 3.17. The van der Waals surface area contributed by atoms with Crippen LogP contribution in [0, 0.1) is 13.8 Å². The monoisotopic (exact) mass is 401 g/mol. The van der Waals surface area contributed by atoms with Gasteiger partial charge in [-0.3, -0.25) is 4.79 Å². The molecule has 27 heavy (non-hydrogen) atoms. The Morgan fingerprint density at radius 3 is 2.44 bits per heavy atom. The Morgan fingerprint density at radius 1 is 1.26 bits per heavy atom. The number of rotatable bonds is 7. The third-order valence-corrected chi connectivity index (χ3v) is 4.68. The number of aryl methyl sites for hydroxylation is 2. The minimum Gasteiger partial charge on any atom is -0.338 e. The summed E-state index contributed by atoms with van der Waals surface area (Å²) in [6, 6.07) is 0. The largest absolute Gasteiger partial charge is 0.406 e. The van der Waals surface area contributed by atoms with Gasteiger partial charge in [0, 0.05) is 37.3 Å². The van der Waals surface area contributed by atoms with Gasteiger partial charge in [0.25, 0.3) is 0 Å². The number of imidazole rings is 1. The summed E-state index contributed by atoms with van der Waals surface area (Å²) in [4.78, 5) is 26.5. The Labute approximate surface area is 160 Å². The van der Waals surface area contributed by atoms with Crippen LogP contribution in [0.3, 0.4) is 0 Å². The molecule has 0 fully saturated rings. The molecule has 0 atom stereocenters. The van der Waals surface area contributed by atoms with E-state index in [1.807, 2.05) is 20.1 Å². The zero-order valence-electron chi connectivity index (χ0n) is 15.7. The van der Waals surface area contributed by atoms with Crippen LogP contribution in [0.5, 0.6) is 0 Å². The Hall–Kier alpha value is -2.10. The fourth-order valence-electron chi connectivity index (χ4n) is 2.71. The molecule has 2 heterocycles. The standard InChI is InChI=1S/C17H22F3N5OS/c1-11-13(12(2)23-16(22-11)27-4)5-6-15(26)24(3)9-14-21-7-8-25(14)10-17(18,19)20/h7-8H,5-6,9-10H2,1-4H3. The van der Waals surface area contributed by atoms with Crippen LogP contribution in [0.2, 0.25) is 0 Å². The Balaban J connectivity index is 1.98. The number of thioether (sulfide) groups is 1. The van der Waals surface area contributed by atoms with Gasteiger partial charge in [-0.2, -0.15) is 13.2 Å². The third-order valence-electron chi connectivity index (χ3n) is 4.13. The molecule has 148 valence electrons. The van der Waals surface area contributed by atoms with Gasteiger partial charge in [0.1, 0.15) is 12.4 Å². The molecular formula is C17H22F3N5OS. The van der Waals surface area contributed by atoms with Crippen LogP contribution < -0.4 is 0 Å². The molecule has 0 saturated carbocycles. The second kappa shape index (κ2) is 8.73. The van der Waals surface area contributed by atoms with Crippen LogP contribution >= 0.6 is 11.8 Å². The molecule has 0 unspecified atom stereocenters. The van der Waals surface area contributed by atoms with E-state index in [2.05, 4.69) is 15.0 Å². The van der Waals surface area contributed by atoms with E-state index in [-0.39, 0.29) is 24.7 Å². The summed E-state index contributed by atoms with van der Waals surface area (Å²) in [6.45, 7) is 2.65. The molecule has 0 radical (unpaired) electrons. The van der Waals surface area contributed by atoms with Crippen molar-refractivity contribution < 1.29 is 18.0 Å². The summed E-state index contributed by atoms with van der Waals surface area (Å²) in [6.07, 6.45) is 0.826. The van der Waals surface area contributed by atoms with Crippen LogP contribution in [0.1, 0.15) is 29.2 Å². The van der Waals surface area contributed by atoms with Crippen molar-refractivity contribution >= 4 is 17.7 Å². The SMILES string of the molecule is CSc1nc(C)c(CCC(=O)N(C)Cc2nccn2CC(F)(F)F)c(C)n1. The Bertz CT molecular complexity index is 783. The normalized spacial score (nSPS) is 11.7. The topological polar surface area (TPSA) is 63.9 Å². The maximum Gasteiger partial charge on any atom is 0.406 e. The smallest absolute Gasteiger partial charge is 0.338 e. The quantitative estimate of drug-likeness (QED) is 0.527. The van der Waals surface area contributed by atoms with Gasteiger partial charge in [-0.05, 0) is 32.1 Å². The molecule has 0 N–H and O–H groups in total. The first-order chi connectivity index (χ1) is 12.6. The highest BCUT2D eigenvalue weighted by molar-refractivity contribution is 7.98. The molecule has 0 aliphatic heterocycles. The number of nitrogens with zero attached hydrogens (tertiary/aromatic N) is 5. The van der Waals surface area contributed by atoms with E-state index in [9.17, 15) is 18.0 Å². The number of hydrogen-bond donors (Lipinski definition) is 0. The van der Waals surface area contributed by atoms with Crippen LogP contribution in [-0.4, -0.2) is 49.8 Å². The first-order valence-electron chi connectivity index (χ1n) is 8.29. The molecule has 1 amide bonds. The molecule has 2 aromatic heterocycles. The van der Waals surface area contributed by atoms with Gasteiger partial charge in [0.05, 0.1) is 6.54 Å². The van der Waals surface area contributed by atoms with Crippen LogP contribution in [-0.2, 0) is 24.3 Å². The number of carbonyl (C=O) groups excluding carboxylic acids is 1. The van der Waals surface area contributed by atoms with Crippen molar-refractivity contribution in [2.24, 2.45) is 0 Å². The van der Waals surface area contributed by atoms with Gasteiger partial charge in [0.2, 0.25) is 5.91 Å². The van der Waals surface area contributed by atoms with Gasteiger partial charge in [0.15, 0.2) is 5.16 Å². The van der Waals surface area contributed by atoms with E-state index in [0.717, 1.165) is 21.5 Å². The molecule has 2 rings (SSSR count). The highest BCUT2D eigenvalue weighted by atomic mass is 32.2. The predicted octanol–water partition coefficient (Wildman–Crippen LogP) is 3.17. The second-order valence-electron chi connectivity index (χ2n) is 6.20. The Morgan fingerprint density at radius 2 is 1.89 bits per heavy atom. The van der Waals surface area contributed by atoms with Gasteiger partial charge in [-0.15, -0.1) is 0 Å². The molecule has 0 aliphatic carbocycles. The summed E-state index contributed by atoms with van der Waals surface area (Å²) in [5.74, 6) is 0.0208. The average molecular weight is 401 g/mol. The van der Waals surface area contributed by atoms with E-state index in [0.29, 0.717) is 11.6 Å². The number of halogens is 3. The lowest BCUT2D eigenvalue weighted by molar-refractivity contribution is -0.141. The van der Waals surface area contributed by atoms with Gasteiger partial charge >= 0.3 is 6.18 Å². The third kappa shape index (κ3) is 5.95. The van der Waals surface area contributed by atoms with Crippen molar-refractivity contribution in [3.63, 3.8) is 0 Å².